The highest BCUT2D eigenvalue weighted by atomic mass is 15.2. The van der Waals surface area contributed by atoms with E-state index in [9.17, 15) is 0 Å². The maximum atomic E-state index is 5.11. The van der Waals surface area contributed by atoms with E-state index in [-0.39, 0.29) is 6.17 Å². The minimum absolute atomic E-state index is 0.286. The van der Waals surface area contributed by atoms with Gasteiger partial charge in [-0.25, -0.2) is 9.98 Å². The van der Waals surface area contributed by atoms with Crippen molar-refractivity contribution in [2.24, 2.45) is 9.98 Å². The van der Waals surface area contributed by atoms with E-state index >= 15 is 0 Å². The Hall–Kier alpha value is -7.04. The highest BCUT2D eigenvalue weighted by Gasteiger charge is 2.22. The van der Waals surface area contributed by atoms with Crippen molar-refractivity contribution in [3.05, 3.63) is 211 Å². The molecule has 4 nitrogen and oxygen atoms in total. The number of hydrogen-bond donors (Lipinski definition) is 1. The van der Waals surface area contributed by atoms with Gasteiger partial charge in [0.1, 0.15) is 12.0 Å². The summed E-state index contributed by atoms with van der Waals surface area (Å²) in [4.78, 5) is 10.1. The van der Waals surface area contributed by atoms with Gasteiger partial charge in [-0.2, -0.15) is 0 Å². The van der Waals surface area contributed by atoms with Gasteiger partial charge in [0.2, 0.25) is 0 Å². The quantitative estimate of drug-likeness (QED) is 0.187. The number of fused-ring (bicyclic) bond motifs is 5. The molecule has 1 aliphatic rings. The van der Waals surface area contributed by atoms with Crippen molar-refractivity contribution in [1.29, 1.82) is 0 Å². The highest BCUT2D eigenvalue weighted by molar-refractivity contribution is 6.21. The molecule has 53 heavy (non-hydrogen) atoms. The number of hydrogen-bond acceptors (Lipinski definition) is 3. The molecule has 9 aromatic rings. The first-order valence-electron chi connectivity index (χ1n) is 18.0. The third-order valence-electron chi connectivity index (χ3n) is 10.2. The lowest BCUT2D eigenvalue weighted by Crippen LogP contribution is -2.33. The Bertz CT molecular complexity index is 2830. The fourth-order valence-corrected chi connectivity index (χ4v) is 7.66. The zero-order valence-corrected chi connectivity index (χ0v) is 28.9. The lowest BCUT2D eigenvalue weighted by atomic mass is 9.97. The summed E-state index contributed by atoms with van der Waals surface area (Å²) in [6.07, 6.45) is -0.286. The molecular weight excluding hydrogens is 645 g/mol. The number of benzene rings is 8. The molecule has 0 aliphatic carbocycles. The highest BCUT2D eigenvalue weighted by Crippen LogP contribution is 2.39. The number of nitrogens with one attached hydrogen (secondary N) is 1. The zero-order valence-electron chi connectivity index (χ0n) is 28.9. The van der Waals surface area contributed by atoms with Crippen LogP contribution in [-0.2, 0) is 0 Å². The van der Waals surface area contributed by atoms with Gasteiger partial charge in [0, 0.05) is 27.6 Å². The summed E-state index contributed by atoms with van der Waals surface area (Å²) in [5.74, 6) is 1.54. The van der Waals surface area contributed by atoms with Crippen molar-refractivity contribution < 1.29 is 0 Å². The number of para-hydroxylation sites is 1. The second kappa shape index (κ2) is 12.9. The van der Waals surface area contributed by atoms with Crippen molar-refractivity contribution in [2.45, 2.75) is 6.17 Å². The molecule has 1 atom stereocenters. The topological polar surface area (TPSA) is 41.7 Å². The van der Waals surface area contributed by atoms with Gasteiger partial charge in [-0.3, -0.25) is 0 Å². The smallest absolute Gasteiger partial charge is 0.159 e. The zero-order chi connectivity index (χ0) is 35.1. The van der Waals surface area contributed by atoms with Crippen molar-refractivity contribution in [3.63, 3.8) is 0 Å². The molecule has 0 fully saturated rings. The van der Waals surface area contributed by atoms with E-state index in [0.29, 0.717) is 0 Å². The first-order valence-corrected chi connectivity index (χ1v) is 18.0. The molecule has 0 saturated carbocycles. The third-order valence-corrected chi connectivity index (χ3v) is 10.2. The average Bonchev–Trinajstić information content (AvgIpc) is 3.59. The summed E-state index contributed by atoms with van der Waals surface area (Å²) >= 11 is 0. The molecule has 1 unspecified atom stereocenters. The van der Waals surface area contributed by atoms with E-state index in [1.54, 1.807) is 0 Å². The second-order valence-electron chi connectivity index (χ2n) is 13.5. The van der Waals surface area contributed by atoms with Crippen LogP contribution in [0.4, 0.5) is 0 Å². The summed E-state index contributed by atoms with van der Waals surface area (Å²) in [7, 11) is 0. The molecule has 4 heteroatoms. The van der Waals surface area contributed by atoms with Gasteiger partial charge in [-0.15, -0.1) is 0 Å². The minimum Gasteiger partial charge on any atom is -0.344 e. The predicted molar refractivity (Wildman–Crippen MR) is 221 cm³/mol. The second-order valence-corrected chi connectivity index (χ2v) is 13.5. The summed E-state index contributed by atoms with van der Waals surface area (Å²) < 4.78 is 2.39. The van der Waals surface area contributed by atoms with Gasteiger partial charge in [0.15, 0.2) is 5.84 Å². The third kappa shape index (κ3) is 5.58. The molecular formula is C49H34N4. The molecule has 250 valence electrons. The normalized spacial score (nSPS) is 14.2. The van der Waals surface area contributed by atoms with E-state index in [4.69, 9.17) is 9.98 Å². The summed E-state index contributed by atoms with van der Waals surface area (Å²) in [5.41, 5.74) is 11.4. The molecule has 0 spiro atoms. The van der Waals surface area contributed by atoms with Gasteiger partial charge >= 0.3 is 0 Å². The molecule has 1 aromatic heterocycles. The van der Waals surface area contributed by atoms with E-state index in [0.717, 1.165) is 39.6 Å². The average molecular weight is 679 g/mol. The molecule has 8 aromatic carbocycles. The van der Waals surface area contributed by atoms with Gasteiger partial charge in [-0.1, -0.05) is 158 Å². The van der Waals surface area contributed by atoms with Crippen LogP contribution in [0.5, 0.6) is 0 Å². The van der Waals surface area contributed by atoms with Crippen molar-refractivity contribution in [3.8, 4) is 27.9 Å². The largest absolute Gasteiger partial charge is 0.344 e. The van der Waals surface area contributed by atoms with E-state index in [1.807, 2.05) is 36.4 Å². The fourth-order valence-electron chi connectivity index (χ4n) is 7.66. The SMILES string of the molecule is c1ccc(C2=NC(c3cccc(-c4ccc5c(ccc6c5c5ccccc5n6-c5ccc(-c6ccccc6)cc5)c4)c3)NC(c3ccccc3)=N2)cc1. The summed E-state index contributed by atoms with van der Waals surface area (Å²) in [6.45, 7) is 0. The van der Waals surface area contributed by atoms with E-state index in [2.05, 4.69) is 168 Å². The Kier molecular flexibility index (Phi) is 7.51. The molecule has 0 radical (unpaired) electrons. The van der Waals surface area contributed by atoms with Crippen molar-refractivity contribution in [1.82, 2.24) is 9.88 Å². The molecule has 1 N–H and O–H groups in total. The van der Waals surface area contributed by atoms with Gasteiger partial charge < -0.3 is 9.88 Å². The van der Waals surface area contributed by atoms with Crippen LogP contribution in [0.2, 0.25) is 0 Å². The Labute approximate surface area is 308 Å². The van der Waals surface area contributed by atoms with E-state index in [1.165, 1.54) is 49.3 Å². The standard InChI is InChI=1S/C49H34N4/c1-4-13-33(14-5-1)34-23-27-41(28-24-34)53-44-22-11-10-21-43(44)46-42-29-25-38(31-39(42)26-30-45(46)53)37-19-12-20-40(32-37)49-51-47(35-15-6-2-7-16-35)50-48(52-49)36-17-8-3-9-18-36/h1-32,49H,(H,50,51,52). The predicted octanol–water partition coefficient (Wildman–Crippen LogP) is 11.8. The summed E-state index contributed by atoms with van der Waals surface area (Å²) in [6, 6.07) is 68.8. The Balaban J connectivity index is 1.03. The number of aromatic nitrogens is 1. The molecule has 2 heterocycles. The van der Waals surface area contributed by atoms with E-state index < -0.39 is 0 Å². The molecule has 1 aliphatic heterocycles. The monoisotopic (exact) mass is 678 g/mol. The van der Waals surface area contributed by atoms with Crippen LogP contribution in [0.25, 0.3) is 60.5 Å². The first-order chi connectivity index (χ1) is 26.3. The maximum absolute atomic E-state index is 5.11. The number of amidine groups is 2. The van der Waals surface area contributed by atoms with Gasteiger partial charge in [0.25, 0.3) is 0 Å². The Morgan fingerprint density at radius 3 is 1.83 bits per heavy atom. The molecule has 0 saturated heterocycles. The van der Waals surface area contributed by atoms with Crippen LogP contribution >= 0.6 is 0 Å². The van der Waals surface area contributed by atoms with Crippen LogP contribution < -0.4 is 5.32 Å². The molecule has 0 bridgehead atoms. The Morgan fingerprint density at radius 2 is 1.06 bits per heavy atom. The summed E-state index contributed by atoms with van der Waals surface area (Å²) in [5, 5.41) is 8.59. The van der Waals surface area contributed by atoms with Crippen LogP contribution in [0.1, 0.15) is 22.9 Å². The van der Waals surface area contributed by atoms with Crippen LogP contribution in [0, 0.1) is 0 Å². The van der Waals surface area contributed by atoms with Crippen LogP contribution in [0.3, 0.4) is 0 Å². The van der Waals surface area contributed by atoms with Gasteiger partial charge in [0.05, 0.1) is 11.0 Å². The first kappa shape index (κ1) is 30.8. The van der Waals surface area contributed by atoms with Crippen molar-refractivity contribution in [2.75, 3.05) is 0 Å². The van der Waals surface area contributed by atoms with Gasteiger partial charge in [-0.05, 0) is 75.0 Å². The number of nitrogens with zero attached hydrogens (tertiary/aromatic N) is 3. The van der Waals surface area contributed by atoms with Crippen molar-refractivity contribution >= 4 is 44.2 Å². The van der Waals surface area contributed by atoms with Crippen LogP contribution in [0.15, 0.2) is 204 Å². The number of aliphatic imine (C=N–C) groups is 2. The fraction of sp³-hybridized carbons (Fsp3) is 0.0204. The Morgan fingerprint density at radius 1 is 0.434 bits per heavy atom. The minimum atomic E-state index is -0.286. The van der Waals surface area contributed by atoms with Crippen LogP contribution in [-0.4, -0.2) is 16.2 Å². The molecule has 10 rings (SSSR count). The number of rotatable bonds is 6. The lowest BCUT2D eigenvalue weighted by Gasteiger charge is -2.24. The molecule has 0 amide bonds. The maximum Gasteiger partial charge on any atom is 0.159 e. The lowest BCUT2D eigenvalue weighted by molar-refractivity contribution is 0.674.